The summed E-state index contributed by atoms with van der Waals surface area (Å²) in [6, 6.07) is 18.2. The minimum absolute atomic E-state index is 0.0203. The van der Waals surface area contributed by atoms with Gasteiger partial charge in [0, 0.05) is 39.8 Å². The molecule has 0 saturated heterocycles. The second-order valence-corrected chi connectivity index (χ2v) is 8.77. The summed E-state index contributed by atoms with van der Waals surface area (Å²) in [5, 5.41) is 17.1. The molecule has 2 aromatic heterocycles. The quantitative estimate of drug-likeness (QED) is 0.252. The zero-order chi connectivity index (χ0) is 24.1. The molecule has 0 unspecified atom stereocenters. The van der Waals surface area contributed by atoms with Crippen LogP contribution < -0.4 is 5.32 Å². The number of hydrogen-bond acceptors (Lipinski definition) is 8. The number of anilines is 2. The van der Waals surface area contributed by atoms with Gasteiger partial charge in [0.15, 0.2) is 11.6 Å². The van der Waals surface area contributed by atoms with Gasteiger partial charge in [0.2, 0.25) is 0 Å². The summed E-state index contributed by atoms with van der Waals surface area (Å²) in [5.74, 6) is -0.0161. The summed E-state index contributed by atoms with van der Waals surface area (Å²) in [6.07, 6.45) is 1.41. The lowest BCUT2D eigenvalue weighted by Gasteiger charge is -2.20. The number of thiophene rings is 1. The van der Waals surface area contributed by atoms with E-state index in [1.807, 2.05) is 5.38 Å². The first-order valence-electron chi connectivity index (χ1n) is 10.6. The molecule has 2 heterocycles. The smallest absolute Gasteiger partial charge is 0.270 e. The minimum atomic E-state index is -0.440. The van der Waals surface area contributed by atoms with Gasteiger partial charge in [-0.2, -0.15) is 0 Å². The largest absolute Gasteiger partial charge is 0.339 e. The molecule has 1 N–H and O–H groups in total. The molecule has 0 aliphatic heterocycles. The number of nitrogens with one attached hydrogen (secondary N) is 1. The SMILES string of the molecule is O=C1c2ccccc2C(=O)c2c(Nc3ncnc4scc(-c5cccc([N+](=O)[O-])c5)c34)cccc21. The van der Waals surface area contributed by atoms with Gasteiger partial charge >= 0.3 is 0 Å². The van der Waals surface area contributed by atoms with Crippen molar-refractivity contribution < 1.29 is 14.5 Å². The Bertz CT molecular complexity index is 1710. The van der Waals surface area contributed by atoms with Crippen LogP contribution in [0.15, 0.2) is 78.4 Å². The Balaban J connectivity index is 1.49. The van der Waals surface area contributed by atoms with Crippen molar-refractivity contribution in [3.8, 4) is 11.1 Å². The highest BCUT2D eigenvalue weighted by atomic mass is 32.1. The average Bonchev–Trinajstić information content (AvgIpc) is 3.33. The molecule has 3 aromatic carbocycles. The first-order valence-corrected chi connectivity index (χ1v) is 11.5. The molecule has 1 aliphatic rings. The number of benzene rings is 3. The fourth-order valence-corrected chi connectivity index (χ4v) is 5.26. The van der Waals surface area contributed by atoms with Crippen molar-refractivity contribution >= 4 is 50.3 Å². The number of fused-ring (bicyclic) bond motifs is 3. The number of hydrogen-bond donors (Lipinski definition) is 1. The maximum Gasteiger partial charge on any atom is 0.270 e. The molecule has 35 heavy (non-hydrogen) atoms. The molecular weight excluding hydrogens is 464 g/mol. The highest BCUT2D eigenvalue weighted by Crippen LogP contribution is 2.40. The third-order valence-corrected chi connectivity index (χ3v) is 6.83. The molecule has 0 fully saturated rings. The zero-order valence-electron chi connectivity index (χ0n) is 17.9. The van der Waals surface area contributed by atoms with Crippen molar-refractivity contribution in [2.45, 2.75) is 0 Å². The number of ketones is 2. The van der Waals surface area contributed by atoms with Gasteiger partial charge in [0.05, 0.1) is 21.6 Å². The van der Waals surface area contributed by atoms with E-state index in [1.54, 1.807) is 54.6 Å². The minimum Gasteiger partial charge on any atom is -0.339 e. The maximum absolute atomic E-state index is 13.4. The lowest BCUT2D eigenvalue weighted by atomic mass is 9.83. The summed E-state index contributed by atoms with van der Waals surface area (Å²) in [7, 11) is 0. The van der Waals surface area contributed by atoms with Crippen molar-refractivity contribution in [1.29, 1.82) is 0 Å². The van der Waals surface area contributed by atoms with Crippen LogP contribution >= 0.6 is 11.3 Å². The van der Waals surface area contributed by atoms with Crippen LogP contribution in [0.25, 0.3) is 21.3 Å². The predicted molar refractivity (Wildman–Crippen MR) is 133 cm³/mol. The summed E-state index contributed by atoms with van der Waals surface area (Å²) >= 11 is 1.39. The number of carbonyl (C=O) groups excluding carboxylic acids is 2. The fourth-order valence-electron chi connectivity index (χ4n) is 4.35. The van der Waals surface area contributed by atoms with Crippen LogP contribution in [0.5, 0.6) is 0 Å². The van der Waals surface area contributed by atoms with E-state index in [0.717, 1.165) is 5.56 Å². The van der Waals surface area contributed by atoms with Gasteiger partial charge in [-0.3, -0.25) is 19.7 Å². The molecule has 0 atom stereocenters. The molecule has 0 saturated carbocycles. The highest BCUT2D eigenvalue weighted by Gasteiger charge is 2.31. The molecule has 6 rings (SSSR count). The standard InChI is InChI=1S/C26H14N4O4S/c31-23-16-7-1-2-8-17(16)24(32)21-18(23)9-4-10-20(21)29-25-22-19(12-35-26(22)28-13-27-25)14-5-3-6-15(11-14)30(33)34/h1-13H,(H,27,28,29). The van der Waals surface area contributed by atoms with E-state index in [1.165, 1.54) is 29.8 Å². The third kappa shape index (κ3) is 3.29. The van der Waals surface area contributed by atoms with Crippen molar-refractivity contribution in [2.75, 3.05) is 5.32 Å². The monoisotopic (exact) mass is 478 g/mol. The van der Waals surface area contributed by atoms with Gasteiger partial charge in [0.25, 0.3) is 5.69 Å². The van der Waals surface area contributed by atoms with E-state index < -0.39 is 4.92 Å². The van der Waals surface area contributed by atoms with Crippen LogP contribution in [0, 0.1) is 10.1 Å². The summed E-state index contributed by atoms with van der Waals surface area (Å²) in [4.78, 5) is 46.8. The Morgan fingerprint density at radius 3 is 2.37 bits per heavy atom. The summed E-state index contributed by atoms with van der Waals surface area (Å²) < 4.78 is 0. The normalized spacial score (nSPS) is 12.3. The predicted octanol–water partition coefficient (Wildman–Crippen LogP) is 5.79. The second kappa shape index (κ2) is 7.93. The summed E-state index contributed by atoms with van der Waals surface area (Å²) in [6.45, 7) is 0. The number of aromatic nitrogens is 2. The molecule has 5 aromatic rings. The number of carbonyl (C=O) groups is 2. The first kappa shape index (κ1) is 20.8. The Morgan fingerprint density at radius 2 is 1.57 bits per heavy atom. The van der Waals surface area contributed by atoms with Crippen LogP contribution in [-0.4, -0.2) is 26.5 Å². The van der Waals surface area contributed by atoms with Gasteiger partial charge in [-0.25, -0.2) is 9.97 Å². The molecule has 1 aliphatic carbocycles. The van der Waals surface area contributed by atoms with Crippen molar-refractivity contribution in [3.05, 3.63) is 111 Å². The van der Waals surface area contributed by atoms with E-state index in [0.29, 0.717) is 44.0 Å². The molecule has 8 nitrogen and oxygen atoms in total. The van der Waals surface area contributed by atoms with E-state index in [4.69, 9.17) is 0 Å². The lowest BCUT2D eigenvalue weighted by molar-refractivity contribution is -0.384. The Kier molecular flexibility index (Phi) is 4.71. The average molecular weight is 478 g/mol. The van der Waals surface area contributed by atoms with Crippen molar-refractivity contribution in [2.24, 2.45) is 0 Å². The summed E-state index contributed by atoms with van der Waals surface area (Å²) in [5.41, 5.74) is 3.17. The van der Waals surface area contributed by atoms with Crippen LogP contribution in [0.4, 0.5) is 17.2 Å². The topological polar surface area (TPSA) is 115 Å². The van der Waals surface area contributed by atoms with Crippen LogP contribution in [0.1, 0.15) is 31.8 Å². The van der Waals surface area contributed by atoms with E-state index in [9.17, 15) is 19.7 Å². The highest BCUT2D eigenvalue weighted by molar-refractivity contribution is 7.17. The van der Waals surface area contributed by atoms with Crippen molar-refractivity contribution in [1.82, 2.24) is 9.97 Å². The Hall–Kier alpha value is -4.76. The van der Waals surface area contributed by atoms with Crippen LogP contribution in [0.2, 0.25) is 0 Å². The van der Waals surface area contributed by atoms with E-state index >= 15 is 0 Å². The molecule has 0 amide bonds. The molecule has 168 valence electrons. The fraction of sp³-hybridized carbons (Fsp3) is 0. The Morgan fingerprint density at radius 1 is 0.829 bits per heavy atom. The van der Waals surface area contributed by atoms with Gasteiger partial charge in [-0.15, -0.1) is 11.3 Å². The molecule has 9 heteroatoms. The number of nitro benzene ring substituents is 1. The van der Waals surface area contributed by atoms with Crippen LogP contribution in [0.3, 0.4) is 0 Å². The van der Waals surface area contributed by atoms with E-state index in [-0.39, 0.29) is 22.8 Å². The number of rotatable bonds is 4. The third-order valence-electron chi connectivity index (χ3n) is 5.94. The maximum atomic E-state index is 13.4. The van der Waals surface area contributed by atoms with Crippen LogP contribution in [-0.2, 0) is 0 Å². The number of nitrogens with zero attached hydrogens (tertiary/aromatic N) is 3. The van der Waals surface area contributed by atoms with Gasteiger partial charge in [0.1, 0.15) is 17.0 Å². The molecule has 0 radical (unpaired) electrons. The Labute approximate surface area is 202 Å². The van der Waals surface area contributed by atoms with Gasteiger partial charge < -0.3 is 5.32 Å². The van der Waals surface area contributed by atoms with Gasteiger partial charge in [-0.05, 0) is 11.6 Å². The lowest BCUT2D eigenvalue weighted by Crippen LogP contribution is -2.22. The van der Waals surface area contributed by atoms with E-state index in [2.05, 4.69) is 15.3 Å². The zero-order valence-corrected chi connectivity index (χ0v) is 18.7. The first-order chi connectivity index (χ1) is 17.0. The molecular formula is C26H14N4O4S. The molecule has 0 spiro atoms. The number of non-ortho nitro benzene ring substituents is 1. The van der Waals surface area contributed by atoms with Gasteiger partial charge in [-0.1, -0.05) is 48.5 Å². The number of nitro groups is 1. The molecule has 0 bridgehead atoms. The second-order valence-electron chi connectivity index (χ2n) is 7.92. The van der Waals surface area contributed by atoms with Crippen molar-refractivity contribution in [3.63, 3.8) is 0 Å².